The minimum Gasteiger partial charge on any atom is -0.497 e. The highest BCUT2D eigenvalue weighted by Crippen LogP contribution is 2.34. The van der Waals surface area contributed by atoms with Gasteiger partial charge in [0.2, 0.25) is 0 Å². The van der Waals surface area contributed by atoms with Gasteiger partial charge in [-0.05, 0) is 61.4 Å². The predicted molar refractivity (Wildman–Crippen MR) is 159 cm³/mol. The second kappa shape index (κ2) is 12.4. The quantitative estimate of drug-likeness (QED) is 0.290. The zero-order valence-electron chi connectivity index (χ0n) is 23.5. The molecular weight excluding hydrogens is 536 g/mol. The highest BCUT2D eigenvalue weighted by Gasteiger charge is 2.33. The lowest BCUT2D eigenvalue weighted by Crippen LogP contribution is -2.28. The van der Waals surface area contributed by atoms with Gasteiger partial charge in [-0.1, -0.05) is 59.3 Å². The molecule has 0 saturated carbocycles. The van der Waals surface area contributed by atoms with Crippen molar-refractivity contribution >= 4 is 29.3 Å². The first-order valence-electron chi connectivity index (χ1n) is 13.3. The summed E-state index contributed by atoms with van der Waals surface area (Å²) >= 11 is 1.30. The second-order valence-corrected chi connectivity index (χ2v) is 10.9. The number of benzene rings is 3. The Morgan fingerprint density at radius 3 is 2.46 bits per heavy atom. The largest absolute Gasteiger partial charge is 0.497 e. The highest BCUT2D eigenvalue weighted by molar-refractivity contribution is 7.99. The van der Waals surface area contributed by atoms with Gasteiger partial charge >= 0.3 is 0 Å². The number of nitrogens with one attached hydrogen (secondary N) is 1. The summed E-state index contributed by atoms with van der Waals surface area (Å²) in [6, 6.07) is 23.1. The molecule has 5 rings (SSSR count). The van der Waals surface area contributed by atoms with E-state index >= 15 is 0 Å². The van der Waals surface area contributed by atoms with E-state index < -0.39 is 0 Å². The molecule has 9 nitrogen and oxygen atoms in total. The second-order valence-electron chi connectivity index (χ2n) is 9.94. The van der Waals surface area contributed by atoms with Crippen molar-refractivity contribution in [2.24, 2.45) is 12.1 Å². The molecule has 0 aliphatic carbocycles. The maximum Gasteiger partial charge on any atom is 0.253 e. The van der Waals surface area contributed by atoms with Gasteiger partial charge in [-0.15, -0.1) is 10.2 Å². The van der Waals surface area contributed by atoms with E-state index in [0.717, 1.165) is 33.7 Å². The van der Waals surface area contributed by atoms with Crippen LogP contribution in [-0.4, -0.2) is 50.2 Å². The van der Waals surface area contributed by atoms with Crippen LogP contribution in [0.4, 0.5) is 0 Å². The first kappa shape index (κ1) is 28.1. The van der Waals surface area contributed by atoms with E-state index in [1.807, 2.05) is 63.4 Å². The van der Waals surface area contributed by atoms with Gasteiger partial charge in [0.25, 0.3) is 11.8 Å². The third kappa shape index (κ3) is 6.49. The molecule has 1 N–H and O–H groups in total. The smallest absolute Gasteiger partial charge is 0.253 e. The molecule has 1 atom stereocenters. The van der Waals surface area contributed by atoms with E-state index in [9.17, 15) is 9.59 Å². The van der Waals surface area contributed by atoms with E-state index in [1.54, 1.807) is 22.8 Å². The average Bonchev–Trinajstić information content (AvgIpc) is 3.59. The predicted octanol–water partition coefficient (Wildman–Crippen LogP) is 4.84. The van der Waals surface area contributed by atoms with E-state index in [0.29, 0.717) is 23.0 Å². The van der Waals surface area contributed by atoms with Crippen molar-refractivity contribution in [1.29, 1.82) is 0 Å². The summed E-state index contributed by atoms with van der Waals surface area (Å²) in [5.74, 6) is 1.21. The number of aromatic nitrogens is 3. The number of aryl methyl sites for hydroxylation is 2. The van der Waals surface area contributed by atoms with Crippen LogP contribution in [0.15, 0.2) is 83.1 Å². The minimum absolute atomic E-state index is 0.124. The van der Waals surface area contributed by atoms with Crippen molar-refractivity contribution in [2.45, 2.75) is 38.0 Å². The summed E-state index contributed by atoms with van der Waals surface area (Å²) in [7, 11) is 3.46. The monoisotopic (exact) mass is 568 g/mol. The number of hydrogen-bond donors (Lipinski definition) is 1. The van der Waals surface area contributed by atoms with Crippen molar-refractivity contribution in [3.05, 3.63) is 106 Å². The van der Waals surface area contributed by atoms with Crippen molar-refractivity contribution in [3.8, 4) is 5.75 Å². The fraction of sp³-hybridized carbons (Fsp3) is 0.258. The molecule has 1 aromatic heterocycles. The topological polar surface area (TPSA) is 102 Å². The highest BCUT2D eigenvalue weighted by atomic mass is 32.2. The summed E-state index contributed by atoms with van der Waals surface area (Å²) < 4.78 is 7.08. The van der Waals surface area contributed by atoms with Crippen molar-refractivity contribution in [2.75, 3.05) is 12.9 Å². The van der Waals surface area contributed by atoms with E-state index in [4.69, 9.17) is 9.84 Å². The number of nitrogens with zero attached hydrogens (tertiary/aromatic N) is 5. The third-order valence-electron chi connectivity index (χ3n) is 6.99. The fourth-order valence-electron chi connectivity index (χ4n) is 4.61. The van der Waals surface area contributed by atoms with Gasteiger partial charge in [0, 0.05) is 19.0 Å². The molecule has 41 heavy (non-hydrogen) atoms. The Morgan fingerprint density at radius 1 is 1.00 bits per heavy atom. The number of thioether (sulfide) groups is 1. The van der Waals surface area contributed by atoms with Crippen LogP contribution >= 0.6 is 11.8 Å². The number of hydrazone groups is 1. The Bertz CT molecular complexity index is 1580. The third-order valence-corrected chi connectivity index (χ3v) is 7.99. The number of hydrogen-bond acceptors (Lipinski definition) is 7. The summed E-state index contributed by atoms with van der Waals surface area (Å²) in [5, 5.41) is 18.3. The Morgan fingerprint density at radius 2 is 1.76 bits per heavy atom. The molecule has 2 heterocycles. The summed E-state index contributed by atoms with van der Waals surface area (Å²) in [6.45, 7) is 4.21. The molecule has 1 aliphatic heterocycles. The SMILES string of the molecule is COc1ccc(C2=NN(C(=O)CSc3nnc(CNC(=O)c4cccc(C)c4)n3C)[C@@H](c3ccc(C)cc3)C2)cc1. The number of methoxy groups -OCH3 is 1. The Labute approximate surface area is 243 Å². The Balaban J connectivity index is 1.27. The molecule has 2 amide bonds. The molecule has 210 valence electrons. The molecular formula is C31H32N6O3S. The van der Waals surface area contributed by atoms with E-state index in [1.165, 1.54) is 11.8 Å². The van der Waals surface area contributed by atoms with Gasteiger partial charge in [0.05, 0.1) is 31.2 Å². The van der Waals surface area contributed by atoms with Gasteiger partial charge in [0.15, 0.2) is 11.0 Å². The zero-order valence-corrected chi connectivity index (χ0v) is 24.3. The molecule has 0 bridgehead atoms. The molecule has 0 radical (unpaired) electrons. The molecule has 1 aliphatic rings. The zero-order chi connectivity index (χ0) is 28.9. The molecule has 0 unspecified atom stereocenters. The molecule has 0 fully saturated rings. The van der Waals surface area contributed by atoms with Crippen LogP contribution < -0.4 is 10.1 Å². The first-order chi connectivity index (χ1) is 19.8. The standard InChI is InChI=1S/C31H32N6O3S/c1-20-8-10-23(11-9-20)27-17-26(22-12-14-25(40-4)15-13-22)35-37(27)29(38)19-41-31-34-33-28(36(31)3)18-32-30(39)24-7-5-6-21(2)16-24/h5-16,27H,17-19H2,1-4H3,(H,32,39)/t27-/m1/s1. The van der Waals surface area contributed by atoms with Crippen LogP contribution in [0.1, 0.15) is 50.9 Å². The summed E-state index contributed by atoms with van der Waals surface area (Å²) in [5.41, 5.74) is 5.60. The van der Waals surface area contributed by atoms with Crippen LogP contribution in [0.5, 0.6) is 5.75 Å². The lowest BCUT2D eigenvalue weighted by Gasteiger charge is -2.22. The molecule has 3 aromatic carbocycles. The van der Waals surface area contributed by atoms with Gasteiger partial charge in [-0.2, -0.15) is 5.10 Å². The number of amides is 2. The van der Waals surface area contributed by atoms with Crippen molar-refractivity contribution in [1.82, 2.24) is 25.1 Å². The number of rotatable bonds is 9. The molecule has 0 saturated heterocycles. The average molecular weight is 569 g/mol. The van der Waals surface area contributed by atoms with Crippen molar-refractivity contribution < 1.29 is 14.3 Å². The number of carbonyl (C=O) groups excluding carboxylic acids is 2. The van der Waals surface area contributed by atoms with Gasteiger partial charge < -0.3 is 14.6 Å². The van der Waals surface area contributed by atoms with E-state index in [-0.39, 0.29) is 30.2 Å². The minimum atomic E-state index is -0.201. The maximum absolute atomic E-state index is 13.5. The van der Waals surface area contributed by atoms with Gasteiger partial charge in [-0.25, -0.2) is 5.01 Å². The molecule has 4 aromatic rings. The first-order valence-corrected chi connectivity index (χ1v) is 14.3. The molecule has 0 spiro atoms. The number of ether oxygens (including phenoxy) is 1. The maximum atomic E-state index is 13.5. The van der Waals surface area contributed by atoms with Gasteiger partial charge in [-0.3, -0.25) is 9.59 Å². The summed E-state index contributed by atoms with van der Waals surface area (Å²) in [6.07, 6.45) is 0.612. The van der Waals surface area contributed by atoms with Gasteiger partial charge in [0.1, 0.15) is 5.75 Å². The normalized spacial score (nSPS) is 14.6. The fourth-order valence-corrected chi connectivity index (χ4v) is 5.39. The lowest BCUT2D eigenvalue weighted by molar-refractivity contribution is -0.130. The van der Waals surface area contributed by atoms with Crippen LogP contribution in [-0.2, 0) is 18.4 Å². The Kier molecular flexibility index (Phi) is 8.49. The summed E-state index contributed by atoms with van der Waals surface area (Å²) in [4.78, 5) is 26.1. The van der Waals surface area contributed by atoms with Crippen LogP contribution in [0, 0.1) is 13.8 Å². The van der Waals surface area contributed by atoms with Crippen LogP contribution in [0.3, 0.4) is 0 Å². The van der Waals surface area contributed by atoms with Crippen molar-refractivity contribution in [3.63, 3.8) is 0 Å². The Hall–Kier alpha value is -4.44. The van der Waals surface area contributed by atoms with Crippen LogP contribution in [0.2, 0.25) is 0 Å². The van der Waals surface area contributed by atoms with E-state index in [2.05, 4.69) is 39.8 Å². The van der Waals surface area contributed by atoms with Crippen LogP contribution in [0.25, 0.3) is 0 Å². The number of carbonyl (C=O) groups is 2. The molecule has 10 heteroatoms. The lowest BCUT2D eigenvalue weighted by atomic mass is 9.97.